The molecule has 43 heavy (non-hydrogen) atoms. The van der Waals surface area contributed by atoms with E-state index in [-0.39, 0.29) is 48.5 Å². The molecule has 1 aliphatic heterocycles. The number of benzene rings is 1. The zero-order valence-electron chi connectivity index (χ0n) is 23.7. The summed E-state index contributed by atoms with van der Waals surface area (Å²) >= 11 is 0. The first-order valence-corrected chi connectivity index (χ1v) is 14.9. The molecule has 3 aromatic rings. The minimum absolute atomic E-state index is 0.0245. The van der Waals surface area contributed by atoms with Crippen LogP contribution in [0.3, 0.4) is 0 Å². The number of fused-ring (bicyclic) bond motifs is 1. The second-order valence-corrected chi connectivity index (χ2v) is 11.5. The van der Waals surface area contributed by atoms with Crippen molar-refractivity contribution in [3.8, 4) is 11.5 Å². The number of carbonyl (C=O) groups is 1. The highest BCUT2D eigenvalue weighted by Crippen LogP contribution is 2.37. The van der Waals surface area contributed by atoms with E-state index in [1.165, 1.54) is 6.20 Å². The molecule has 1 saturated carbocycles. The molecule has 16 heteroatoms. The largest absolute Gasteiger partial charge is 0.497 e. The SMILES string of the molecule is COc1ccc(OC)c(CO/N=C2\CN(c3nc4c(cc3F)c(=O)c(C(=O)O)cn4C3CC3)CC2CN)c1.CS(=O)(=O)O. The maximum Gasteiger partial charge on any atom is 0.341 e. The molecule has 1 aromatic carbocycles. The molecule has 0 spiro atoms. The molecule has 0 bridgehead atoms. The van der Waals surface area contributed by atoms with Gasteiger partial charge in [-0.05, 0) is 37.1 Å². The Balaban J connectivity index is 0.000000782. The van der Waals surface area contributed by atoms with Crippen molar-refractivity contribution in [2.75, 3.05) is 45.0 Å². The number of anilines is 1. The van der Waals surface area contributed by atoms with E-state index in [2.05, 4.69) is 10.1 Å². The minimum atomic E-state index is -3.67. The number of hydrogen-bond acceptors (Lipinski definition) is 11. The van der Waals surface area contributed by atoms with Gasteiger partial charge in [-0.15, -0.1) is 0 Å². The van der Waals surface area contributed by atoms with Crippen molar-refractivity contribution >= 4 is 38.7 Å². The Morgan fingerprint density at radius 3 is 2.51 bits per heavy atom. The van der Waals surface area contributed by atoms with Crippen LogP contribution < -0.4 is 25.5 Å². The van der Waals surface area contributed by atoms with Crippen molar-refractivity contribution in [1.29, 1.82) is 0 Å². The molecular weight excluding hydrogens is 589 g/mol. The number of halogens is 1. The van der Waals surface area contributed by atoms with Crippen molar-refractivity contribution < 1.29 is 41.6 Å². The monoisotopic (exact) mass is 621 g/mol. The Labute approximate surface area is 246 Å². The van der Waals surface area contributed by atoms with E-state index < -0.39 is 32.9 Å². The minimum Gasteiger partial charge on any atom is -0.497 e. The van der Waals surface area contributed by atoms with Crippen LogP contribution in [-0.2, 0) is 21.6 Å². The van der Waals surface area contributed by atoms with E-state index in [4.69, 9.17) is 24.6 Å². The zero-order valence-corrected chi connectivity index (χ0v) is 24.5. The summed E-state index contributed by atoms with van der Waals surface area (Å²) in [5, 5.41) is 13.7. The molecule has 5 rings (SSSR count). The molecule has 2 fully saturated rings. The van der Waals surface area contributed by atoms with E-state index in [9.17, 15) is 23.1 Å². The molecule has 2 aliphatic rings. The van der Waals surface area contributed by atoms with Crippen molar-refractivity contribution in [3.63, 3.8) is 0 Å². The lowest BCUT2D eigenvalue weighted by Gasteiger charge is -2.19. The Morgan fingerprint density at radius 1 is 1.23 bits per heavy atom. The summed E-state index contributed by atoms with van der Waals surface area (Å²) in [6.07, 6.45) is 3.68. The highest BCUT2D eigenvalue weighted by molar-refractivity contribution is 7.85. The normalized spacial score (nSPS) is 17.5. The van der Waals surface area contributed by atoms with Crippen LogP contribution in [-0.4, -0.2) is 79.4 Å². The van der Waals surface area contributed by atoms with Gasteiger partial charge in [0, 0.05) is 36.8 Å². The molecular formula is C27H32FN5O9S. The number of pyridine rings is 2. The Kier molecular flexibility index (Phi) is 9.52. The number of rotatable bonds is 9. The van der Waals surface area contributed by atoms with Crippen LogP contribution in [0, 0.1) is 11.7 Å². The lowest BCUT2D eigenvalue weighted by Crippen LogP contribution is -2.26. The smallest absolute Gasteiger partial charge is 0.341 e. The van der Waals surface area contributed by atoms with Gasteiger partial charge in [0.15, 0.2) is 11.6 Å². The van der Waals surface area contributed by atoms with Gasteiger partial charge in [0.25, 0.3) is 10.1 Å². The molecule has 1 aliphatic carbocycles. The molecule has 1 unspecified atom stereocenters. The second-order valence-electron chi connectivity index (χ2n) is 10.1. The van der Waals surface area contributed by atoms with Crippen LogP contribution in [0.1, 0.15) is 34.8 Å². The summed E-state index contributed by atoms with van der Waals surface area (Å²) in [4.78, 5) is 36.2. The fourth-order valence-electron chi connectivity index (χ4n) is 4.66. The lowest BCUT2D eigenvalue weighted by molar-refractivity contribution is 0.0694. The van der Waals surface area contributed by atoms with E-state index >= 15 is 4.39 Å². The van der Waals surface area contributed by atoms with Gasteiger partial charge in [-0.2, -0.15) is 8.42 Å². The number of oxime groups is 1. The maximum absolute atomic E-state index is 15.3. The first kappa shape index (κ1) is 31.7. The van der Waals surface area contributed by atoms with Gasteiger partial charge >= 0.3 is 5.97 Å². The standard InChI is InChI=1S/C26H28FN5O6.CH4O3S/c1-36-17-5-6-22(37-2)14(7-17)13-38-30-21-12-31(10-15(21)9-28)25-20(27)8-18-23(33)19(26(34)35)11-32(16-3-4-16)24(18)29-25;1-5(2,3)4/h5-8,11,15-16H,3-4,9-10,12-13,28H2,1-2H3,(H,34,35);1H3,(H,2,3,4)/b30-21+;. The Morgan fingerprint density at radius 2 is 1.93 bits per heavy atom. The summed E-state index contributed by atoms with van der Waals surface area (Å²) < 4.78 is 53.5. The number of methoxy groups -OCH3 is 2. The van der Waals surface area contributed by atoms with Crippen molar-refractivity contribution in [1.82, 2.24) is 9.55 Å². The molecule has 4 N–H and O–H groups in total. The third-order valence-corrected chi connectivity index (χ3v) is 6.85. The highest BCUT2D eigenvalue weighted by atomic mass is 32.2. The van der Waals surface area contributed by atoms with Gasteiger partial charge in [-0.1, -0.05) is 5.16 Å². The van der Waals surface area contributed by atoms with Crippen LogP contribution in [0.5, 0.6) is 11.5 Å². The van der Waals surface area contributed by atoms with E-state index in [0.717, 1.165) is 24.5 Å². The molecule has 232 valence electrons. The fraction of sp³-hybridized carbons (Fsp3) is 0.407. The summed E-state index contributed by atoms with van der Waals surface area (Å²) in [6, 6.07) is 6.45. The molecule has 2 aromatic heterocycles. The predicted molar refractivity (Wildman–Crippen MR) is 155 cm³/mol. The number of nitrogens with two attached hydrogens (primary N) is 1. The van der Waals surface area contributed by atoms with Crippen molar-refractivity contribution in [3.05, 3.63) is 57.6 Å². The van der Waals surface area contributed by atoms with Crippen LogP contribution in [0.25, 0.3) is 11.0 Å². The maximum atomic E-state index is 15.3. The van der Waals surface area contributed by atoms with E-state index in [0.29, 0.717) is 30.0 Å². The highest BCUT2D eigenvalue weighted by Gasteiger charge is 2.33. The number of carboxylic acids is 1. The average Bonchev–Trinajstić information content (AvgIpc) is 3.71. The number of aromatic carboxylic acids is 1. The van der Waals surface area contributed by atoms with E-state index in [1.54, 1.807) is 41.9 Å². The molecule has 3 heterocycles. The summed E-state index contributed by atoms with van der Waals surface area (Å²) in [7, 11) is -0.534. The van der Waals surface area contributed by atoms with Crippen LogP contribution in [0.4, 0.5) is 10.2 Å². The summed E-state index contributed by atoms with van der Waals surface area (Å²) in [5.74, 6) is -0.940. The Hall–Kier alpha value is -4.28. The second kappa shape index (κ2) is 12.9. The predicted octanol–water partition coefficient (Wildman–Crippen LogP) is 2.06. The molecule has 1 saturated heterocycles. The van der Waals surface area contributed by atoms with Crippen LogP contribution >= 0.6 is 0 Å². The quantitative estimate of drug-likeness (QED) is 0.233. The molecule has 14 nitrogen and oxygen atoms in total. The zero-order chi connectivity index (χ0) is 31.5. The van der Waals surface area contributed by atoms with Crippen LogP contribution in [0.15, 0.2) is 40.4 Å². The average molecular weight is 622 g/mol. The summed E-state index contributed by atoms with van der Waals surface area (Å²) in [5.41, 5.74) is 6.46. The van der Waals surface area contributed by atoms with Gasteiger partial charge in [-0.25, -0.2) is 14.2 Å². The molecule has 0 radical (unpaired) electrons. The van der Waals surface area contributed by atoms with Crippen LogP contribution in [0.2, 0.25) is 0 Å². The van der Waals surface area contributed by atoms with Crippen molar-refractivity contribution in [2.24, 2.45) is 16.8 Å². The fourth-order valence-corrected chi connectivity index (χ4v) is 4.66. The third-order valence-electron chi connectivity index (χ3n) is 6.85. The Bertz CT molecular complexity index is 1720. The van der Waals surface area contributed by atoms with Gasteiger partial charge in [-0.3, -0.25) is 9.35 Å². The van der Waals surface area contributed by atoms with Gasteiger partial charge in [0.2, 0.25) is 5.43 Å². The number of ether oxygens (including phenoxy) is 2. The van der Waals surface area contributed by atoms with Gasteiger partial charge in [0.1, 0.15) is 29.3 Å². The first-order chi connectivity index (χ1) is 20.3. The number of aromatic nitrogens is 2. The molecule has 1 atom stereocenters. The number of carboxylic acid groups (broad SMARTS) is 1. The number of nitrogens with zero attached hydrogens (tertiary/aromatic N) is 4. The number of hydrogen-bond donors (Lipinski definition) is 3. The van der Waals surface area contributed by atoms with Gasteiger partial charge in [0.05, 0.1) is 38.1 Å². The summed E-state index contributed by atoms with van der Waals surface area (Å²) in [6.45, 7) is 0.985. The first-order valence-electron chi connectivity index (χ1n) is 13.1. The van der Waals surface area contributed by atoms with E-state index in [1.807, 2.05) is 0 Å². The molecule has 0 amide bonds. The lowest BCUT2D eigenvalue weighted by atomic mass is 10.1. The topological polar surface area (TPSA) is 196 Å². The van der Waals surface area contributed by atoms with Crippen molar-refractivity contribution in [2.45, 2.75) is 25.5 Å². The third kappa shape index (κ3) is 7.57. The van der Waals surface area contributed by atoms with Gasteiger partial charge < -0.3 is 34.6 Å².